The van der Waals surface area contributed by atoms with Crippen molar-refractivity contribution >= 4 is 28.5 Å². The first kappa shape index (κ1) is 22.6. The van der Waals surface area contributed by atoms with Gasteiger partial charge in [-0.1, -0.05) is 13.8 Å². The van der Waals surface area contributed by atoms with E-state index < -0.39 is 40.8 Å². The summed E-state index contributed by atoms with van der Waals surface area (Å²) in [5, 5.41) is 0. The van der Waals surface area contributed by atoms with Crippen LogP contribution in [0.1, 0.15) is 49.3 Å². The van der Waals surface area contributed by atoms with Crippen LogP contribution in [-0.4, -0.2) is 39.4 Å². The Morgan fingerprint density at radius 3 is 2.55 bits per heavy atom. The summed E-state index contributed by atoms with van der Waals surface area (Å²) < 4.78 is 46.4. The Hall–Kier alpha value is -3.62. The Balaban J connectivity index is 1.90. The zero-order valence-electron chi connectivity index (χ0n) is 18.5. The van der Waals surface area contributed by atoms with Crippen LogP contribution in [0.15, 0.2) is 36.7 Å². The number of nitrogens with zero attached hydrogens (tertiary/aromatic N) is 2. The van der Waals surface area contributed by atoms with Gasteiger partial charge in [0.25, 0.3) is 5.91 Å². The fourth-order valence-electron chi connectivity index (χ4n) is 4.04. The summed E-state index contributed by atoms with van der Waals surface area (Å²) in [6.07, 6.45) is 1.97. The number of ether oxygens (including phenoxy) is 1. The predicted molar refractivity (Wildman–Crippen MR) is 116 cm³/mol. The van der Waals surface area contributed by atoms with Gasteiger partial charge in [-0.05, 0) is 32.0 Å². The molecule has 0 unspecified atom stereocenters. The molecule has 6 nitrogen and oxygen atoms in total. The monoisotopic (exact) mass is 457 g/mol. The summed E-state index contributed by atoms with van der Waals surface area (Å²) in [6, 6.07) is 4.15. The van der Waals surface area contributed by atoms with E-state index in [1.165, 1.54) is 23.2 Å². The Labute approximate surface area is 188 Å². The van der Waals surface area contributed by atoms with Gasteiger partial charge >= 0.3 is 5.97 Å². The van der Waals surface area contributed by atoms with Crippen molar-refractivity contribution in [1.82, 2.24) is 14.9 Å². The minimum Gasteiger partial charge on any atom is -0.459 e. The van der Waals surface area contributed by atoms with Crippen LogP contribution in [0.2, 0.25) is 0 Å². The number of aromatic nitrogens is 2. The Morgan fingerprint density at radius 1 is 1.15 bits per heavy atom. The third-order valence-corrected chi connectivity index (χ3v) is 5.39. The van der Waals surface area contributed by atoms with Crippen molar-refractivity contribution < 1.29 is 27.5 Å². The van der Waals surface area contributed by atoms with Gasteiger partial charge in [-0.3, -0.25) is 9.78 Å². The van der Waals surface area contributed by atoms with Crippen molar-refractivity contribution in [2.75, 3.05) is 6.54 Å². The molecule has 0 fully saturated rings. The van der Waals surface area contributed by atoms with Gasteiger partial charge in [-0.2, -0.15) is 0 Å². The first-order chi connectivity index (χ1) is 15.5. The van der Waals surface area contributed by atoms with Gasteiger partial charge in [0.2, 0.25) is 0 Å². The van der Waals surface area contributed by atoms with E-state index in [0.29, 0.717) is 22.3 Å². The lowest BCUT2D eigenvalue weighted by Crippen LogP contribution is -2.37. The highest BCUT2D eigenvalue weighted by Crippen LogP contribution is 2.40. The lowest BCUT2D eigenvalue weighted by molar-refractivity contribution is -0.140. The number of amides is 1. The first-order valence-electron chi connectivity index (χ1n) is 10.3. The van der Waals surface area contributed by atoms with Crippen molar-refractivity contribution in [1.29, 1.82) is 0 Å². The van der Waals surface area contributed by atoms with Crippen LogP contribution in [-0.2, 0) is 14.9 Å². The van der Waals surface area contributed by atoms with E-state index in [2.05, 4.69) is 9.97 Å². The SMILES string of the molecule is CC(C)OC(=O)C1=CN(C(=O)c2ccc(F)c(F)c2)CC(C)(C)c2c1[nH]c1cc(F)cnc21. The van der Waals surface area contributed by atoms with E-state index >= 15 is 0 Å². The summed E-state index contributed by atoms with van der Waals surface area (Å²) in [4.78, 5) is 34.8. The van der Waals surface area contributed by atoms with E-state index in [1.54, 1.807) is 13.8 Å². The molecular weight excluding hydrogens is 435 g/mol. The molecule has 0 radical (unpaired) electrons. The molecule has 3 aromatic rings. The number of hydrogen-bond acceptors (Lipinski definition) is 4. The molecule has 0 saturated carbocycles. The van der Waals surface area contributed by atoms with Gasteiger partial charge in [0.15, 0.2) is 11.6 Å². The van der Waals surface area contributed by atoms with Crippen LogP contribution in [0.25, 0.3) is 16.6 Å². The van der Waals surface area contributed by atoms with Crippen LogP contribution >= 0.6 is 0 Å². The van der Waals surface area contributed by atoms with Crippen molar-refractivity contribution in [3.05, 3.63) is 70.9 Å². The Bertz CT molecular complexity index is 1310. The number of halogens is 3. The number of H-pyrrole nitrogens is 1. The molecule has 1 N–H and O–H groups in total. The van der Waals surface area contributed by atoms with Crippen molar-refractivity contribution in [3.63, 3.8) is 0 Å². The average Bonchev–Trinajstić information content (AvgIpc) is 3.05. The molecule has 1 amide bonds. The highest BCUT2D eigenvalue weighted by atomic mass is 19.2. The van der Waals surface area contributed by atoms with Gasteiger partial charge in [0.05, 0.1) is 34.6 Å². The Kier molecular flexibility index (Phi) is 5.51. The minimum absolute atomic E-state index is 0.0404. The largest absolute Gasteiger partial charge is 0.459 e. The fraction of sp³-hybridized carbons (Fsp3) is 0.292. The smallest absolute Gasteiger partial charge is 0.342 e. The second kappa shape index (κ2) is 8.06. The van der Waals surface area contributed by atoms with E-state index in [0.717, 1.165) is 18.3 Å². The van der Waals surface area contributed by atoms with Gasteiger partial charge in [0, 0.05) is 35.4 Å². The van der Waals surface area contributed by atoms with Crippen LogP contribution in [0, 0.1) is 17.5 Å². The van der Waals surface area contributed by atoms with Gasteiger partial charge in [0.1, 0.15) is 5.82 Å². The summed E-state index contributed by atoms with van der Waals surface area (Å²) in [7, 11) is 0. The zero-order chi connectivity index (χ0) is 24.1. The molecule has 1 aliphatic rings. The molecule has 33 heavy (non-hydrogen) atoms. The van der Waals surface area contributed by atoms with Gasteiger partial charge < -0.3 is 14.6 Å². The fourth-order valence-corrected chi connectivity index (χ4v) is 4.04. The summed E-state index contributed by atoms with van der Waals surface area (Å²) in [5.74, 6) is -4.08. The lowest BCUT2D eigenvalue weighted by atomic mass is 9.83. The first-order valence-corrected chi connectivity index (χ1v) is 10.3. The highest BCUT2D eigenvalue weighted by Gasteiger charge is 2.38. The second-order valence-electron chi connectivity index (χ2n) is 8.87. The lowest BCUT2D eigenvalue weighted by Gasteiger charge is -2.29. The topological polar surface area (TPSA) is 75.3 Å². The molecule has 1 aliphatic heterocycles. The second-order valence-corrected chi connectivity index (χ2v) is 8.87. The molecular formula is C24H22F3N3O3. The van der Waals surface area contributed by atoms with E-state index in [4.69, 9.17) is 4.74 Å². The van der Waals surface area contributed by atoms with Crippen molar-refractivity contribution in [3.8, 4) is 0 Å². The summed E-state index contributed by atoms with van der Waals surface area (Å²) >= 11 is 0. The molecule has 0 bridgehead atoms. The number of aromatic amines is 1. The molecule has 2 aromatic heterocycles. The van der Waals surface area contributed by atoms with E-state index in [1.807, 2.05) is 13.8 Å². The molecule has 4 rings (SSSR count). The molecule has 172 valence electrons. The van der Waals surface area contributed by atoms with Gasteiger partial charge in [-0.25, -0.2) is 18.0 Å². The van der Waals surface area contributed by atoms with Gasteiger partial charge in [-0.15, -0.1) is 0 Å². The maximum Gasteiger partial charge on any atom is 0.342 e. The normalized spacial score (nSPS) is 15.3. The number of rotatable bonds is 3. The van der Waals surface area contributed by atoms with E-state index in [-0.39, 0.29) is 17.7 Å². The number of hydrogen-bond donors (Lipinski definition) is 1. The van der Waals surface area contributed by atoms with E-state index in [9.17, 15) is 22.8 Å². The molecule has 3 heterocycles. The van der Waals surface area contributed by atoms with Crippen molar-refractivity contribution in [2.24, 2.45) is 0 Å². The molecule has 0 atom stereocenters. The number of carbonyl (C=O) groups is 2. The number of benzene rings is 1. The number of esters is 1. The third kappa shape index (κ3) is 4.10. The quantitative estimate of drug-likeness (QED) is 0.579. The third-order valence-electron chi connectivity index (χ3n) is 5.39. The standard InChI is InChI=1S/C24H22F3N3O3/c1-12(2)33-23(32)15-10-30(22(31)13-5-6-16(26)17(27)7-13)11-24(3,4)19-20(15)29-18-8-14(25)9-28-21(18)19/h5-10,12,29H,11H2,1-4H3. The number of fused-ring (bicyclic) bond motifs is 3. The minimum atomic E-state index is -1.15. The van der Waals surface area contributed by atoms with Crippen LogP contribution < -0.4 is 0 Å². The maximum atomic E-state index is 13.8. The average molecular weight is 457 g/mol. The maximum absolute atomic E-state index is 13.8. The summed E-state index contributed by atoms with van der Waals surface area (Å²) in [5.41, 5.74) is 1.04. The number of nitrogens with one attached hydrogen (secondary N) is 1. The Morgan fingerprint density at radius 2 is 1.88 bits per heavy atom. The summed E-state index contributed by atoms with van der Waals surface area (Å²) in [6.45, 7) is 7.15. The molecule has 0 spiro atoms. The van der Waals surface area contributed by atoms with Crippen LogP contribution in [0.5, 0.6) is 0 Å². The predicted octanol–water partition coefficient (Wildman–Crippen LogP) is 4.71. The van der Waals surface area contributed by atoms with Crippen molar-refractivity contribution in [2.45, 2.75) is 39.2 Å². The molecule has 1 aromatic carbocycles. The zero-order valence-corrected chi connectivity index (χ0v) is 18.5. The molecule has 9 heteroatoms. The van der Waals surface area contributed by atoms with Crippen LogP contribution in [0.3, 0.4) is 0 Å². The molecule has 0 saturated heterocycles. The highest BCUT2D eigenvalue weighted by molar-refractivity contribution is 6.18. The molecule has 0 aliphatic carbocycles. The number of carbonyl (C=O) groups excluding carboxylic acids is 2. The number of pyridine rings is 1. The van der Waals surface area contributed by atoms with Crippen LogP contribution in [0.4, 0.5) is 13.2 Å².